The minimum absolute atomic E-state index is 0.135. The molecule has 2 aromatic carbocycles. The molecule has 0 saturated carbocycles. The molecule has 0 radical (unpaired) electrons. The second kappa shape index (κ2) is 7.24. The number of nitrogens with zero attached hydrogens (tertiary/aromatic N) is 3. The van der Waals surface area contributed by atoms with Crippen molar-refractivity contribution in [1.29, 1.82) is 5.26 Å². The van der Waals surface area contributed by atoms with E-state index in [4.69, 9.17) is 4.74 Å². The van der Waals surface area contributed by atoms with Crippen LogP contribution in [-0.4, -0.2) is 23.2 Å². The van der Waals surface area contributed by atoms with Gasteiger partial charge in [-0.05, 0) is 54.8 Å². The van der Waals surface area contributed by atoms with E-state index in [-0.39, 0.29) is 5.75 Å². The van der Waals surface area contributed by atoms with Crippen LogP contribution in [0, 0.1) is 25.2 Å². The number of pyridine rings is 1. The van der Waals surface area contributed by atoms with E-state index in [0.717, 1.165) is 27.9 Å². The normalized spacial score (nSPS) is 13.2. The molecule has 0 aliphatic carbocycles. The van der Waals surface area contributed by atoms with E-state index in [0.29, 0.717) is 36.8 Å². The lowest BCUT2D eigenvalue weighted by molar-refractivity contribution is 0.311. The summed E-state index contributed by atoms with van der Waals surface area (Å²) in [4.78, 5) is 6.62. The molecule has 0 atom stereocenters. The second-order valence-corrected chi connectivity index (χ2v) is 7.00. The standard InChI is InChI=1S/C23H21N3O2/c1-15-5-3-4-6-20(15)18-11-19-14-26(9-10-28-22(19)21(27)12-18)23-17(13-24)8-7-16(2)25-23/h3-8,11-12,27H,9-10,14H2,1-2H3. The van der Waals surface area contributed by atoms with Crippen molar-refractivity contribution in [3.8, 4) is 28.7 Å². The molecule has 3 aromatic rings. The minimum Gasteiger partial charge on any atom is -0.504 e. The summed E-state index contributed by atoms with van der Waals surface area (Å²) in [5.74, 6) is 1.29. The molecule has 1 N–H and O–H groups in total. The Kier molecular flexibility index (Phi) is 4.62. The SMILES string of the molecule is Cc1ccc(C#N)c(N2CCOc3c(O)cc(-c4ccccc4C)cc3C2)n1. The Morgan fingerprint density at radius 1 is 1.14 bits per heavy atom. The van der Waals surface area contributed by atoms with Gasteiger partial charge in [0.2, 0.25) is 0 Å². The summed E-state index contributed by atoms with van der Waals surface area (Å²) in [5, 5.41) is 20.1. The molecule has 0 unspecified atom stereocenters. The van der Waals surface area contributed by atoms with E-state index in [1.54, 1.807) is 12.1 Å². The lowest BCUT2D eigenvalue weighted by Crippen LogP contribution is -2.27. The molecule has 5 nitrogen and oxygen atoms in total. The monoisotopic (exact) mass is 371 g/mol. The highest BCUT2D eigenvalue weighted by Crippen LogP contribution is 2.39. The van der Waals surface area contributed by atoms with E-state index in [2.05, 4.69) is 30.1 Å². The molecule has 0 saturated heterocycles. The Labute approximate surface area is 164 Å². The van der Waals surface area contributed by atoms with Crippen molar-refractivity contribution in [2.75, 3.05) is 18.1 Å². The van der Waals surface area contributed by atoms with Gasteiger partial charge in [0.25, 0.3) is 0 Å². The van der Waals surface area contributed by atoms with Gasteiger partial charge in [-0.2, -0.15) is 5.26 Å². The van der Waals surface area contributed by atoms with Crippen molar-refractivity contribution in [2.24, 2.45) is 0 Å². The predicted octanol–water partition coefficient (Wildman–Crippen LogP) is 4.34. The maximum absolute atomic E-state index is 10.6. The lowest BCUT2D eigenvalue weighted by Gasteiger charge is -2.22. The van der Waals surface area contributed by atoms with Gasteiger partial charge < -0.3 is 14.7 Å². The van der Waals surface area contributed by atoms with Gasteiger partial charge >= 0.3 is 0 Å². The Balaban J connectivity index is 1.79. The van der Waals surface area contributed by atoms with Crippen LogP contribution in [0.2, 0.25) is 0 Å². The highest BCUT2D eigenvalue weighted by atomic mass is 16.5. The summed E-state index contributed by atoms with van der Waals surface area (Å²) in [6.45, 7) is 5.46. The van der Waals surface area contributed by atoms with E-state index < -0.39 is 0 Å². The molecule has 2 heterocycles. The first-order valence-corrected chi connectivity index (χ1v) is 9.24. The zero-order chi connectivity index (χ0) is 19.7. The van der Waals surface area contributed by atoms with Crippen LogP contribution in [0.15, 0.2) is 48.5 Å². The first-order valence-electron chi connectivity index (χ1n) is 9.24. The number of nitriles is 1. The van der Waals surface area contributed by atoms with Crippen LogP contribution in [-0.2, 0) is 6.54 Å². The summed E-state index contributed by atoms with van der Waals surface area (Å²) < 4.78 is 5.85. The van der Waals surface area contributed by atoms with E-state index in [9.17, 15) is 10.4 Å². The van der Waals surface area contributed by atoms with Crippen LogP contribution in [0.3, 0.4) is 0 Å². The molecule has 0 bridgehead atoms. The number of aromatic nitrogens is 1. The topological polar surface area (TPSA) is 69.4 Å². The molecule has 0 amide bonds. The Hall–Kier alpha value is -3.52. The van der Waals surface area contributed by atoms with Gasteiger partial charge in [0.05, 0.1) is 12.1 Å². The molecule has 5 heteroatoms. The fraction of sp³-hybridized carbons (Fsp3) is 0.217. The molecular weight excluding hydrogens is 350 g/mol. The minimum atomic E-state index is 0.135. The maximum atomic E-state index is 10.6. The van der Waals surface area contributed by atoms with Gasteiger partial charge in [-0.3, -0.25) is 0 Å². The number of ether oxygens (including phenoxy) is 1. The van der Waals surface area contributed by atoms with Crippen molar-refractivity contribution >= 4 is 5.82 Å². The van der Waals surface area contributed by atoms with E-state index in [1.807, 2.05) is 36.1 Å². The van der Waals surface area contributed by atoms with Crippen molar-refractivity contribution < 1.29 is 9.84 Å². The summed E-state index contributed by atoms with van der Waals surface area (Å²) >= 11 is 0. The summed E-state index contributed by atoms with van der Waals surface area (Å²) in [6, 6.07) is 17.8. The number of hydrogen-bond acceptors (Lipinski definition) is 5. The van der Waals surface area contributed by atoms with Crippen LogP contribution in [0.4, 0.5) is 5.82 Å². The number of hydrogen-bond donors (Lipinski definition) is 1. The van der Waals surface area contributed by atoms with Crippen LogP contribution in [0.1, 0.15) is 22.4 Å². The third kappa shape index (κ3) is 3.25. The number of aryl methyl sites for hydroxylation is 2. The highest BCUT2D eigenvalue weighted by Gasteiger charge is 2.22. The van der Waals surface area contributed by atoms with Crippen molar-refractivity contribution in [3.05, 3.63) is 70.9 Å². The second-order valence-electron chi connectivity index (χ2n) is 7.00. The number of benzene rings is 2. The molecule has 0 fully saturated rings. The zero-order valence-corrected chi connectivity index (χ0v) is 15.9. The summed E-state index contributed by atoms with van der Waals surface area (Å²) in [5.41, 5.74) is 5.42. The van der Waals surface area contributed by atoms with Crippen LogP contribution < -0.4 is 9.64 Å². The van der Waals surface area contributed by atoms with Crippen LogP contribution in [0.25, 0.3) is 11.1 Å². The average molecular weight is 371 g/mol. The molecule has 1 aliphatic heterocycles. The number of anilines is 1. The molecule has 1 aliphatic rings. The Morgan fingerprint density at radius 3 is 2.75 bits per heavy atom. The summed E-state index contributed by atoms with van der Waals surface area (Å²) in [7, 11) is 0. The van der Waals surface area contributed by atoms with Crippen molar-refractivity contribution in [2.45, 2.75) is 20.4 Å². The number of rotatable bonds is 2. The van der Waals surface area contributed by atoms with Gasteiger partial charge in [-0.25, -0.2) is 4.98 Å². The van der Waals surface area contributed by atoms with Crippen LogP contribution in [0.5, 0.6) is 11.5 Å². The number of phenols is 1. The fourth-order valence-corrected chi connectivity index (χ4v) is 3.60. The first-order chi connectivity index (χ1) is 13.6. The molecular formula is C23H21N3O2. The van der Waals surface area contributed by atoms with Gasteiger partial charge in [-0.1, -0.05) is 24.3 Å². The average Bonchev–Trinajstić information content (AvgIpc) is 2.91. The van der Waals surface area contributed by atoms with Gasteiger partial charge in [-0.15, -0.1) is 0 Å². The third-order valence-corrected chi connectivity index (χ3v) is 5.01. The lowest BCUT2D eigenvalue weighted by atomic mass is 9.98. The first kappa shape index (κ1) is 17.9. The molecule has 140 valence electrons. The highest BCUT2D eigenvalue weighted by molar-refractivity contribution is 5.72. The molecule has 0 spiro atoms. The number of aromatic hydroxyl groups is 1. The predicted molar refractivity (Wildman–Crippen MR) is 109 cm³/mol. The zero-order valence-electron chi connectivity index (χ0n) is 15.9. The molecule has 4 rings (SSSR count). The fourth-order valence-electron chi connectivity index (χ4n) is 3.60. The largest absolute Gasteiger partial charge is 0.504 e. The third-order valence-electron chi connectivity index (χ3n) is 5.01. The summed E-state index contributed by atoms with van der Waals surface area (Å²) in [6.07, 6.45) is 0. The van der Waals surface area contributed by atoms with Gasteiger partial charge in [0.1, 0.15) is 18.5 Å². The van der Waals surface area contributed by atoms with E-state index in [1.165, 1.54) is 0 Å². The van der Waals surface area contributed by atoms with Crippen molar-refractivity contribution in [3.63, 3.8) is 0 Å². The Morgan fingerprint density at radius 2 is 1.96 bits per heavy atom. The van der Waals surface area contributed by atoms with Gasteiger partial charge in [0, 0.05) is 17.8 Å². The molecule has 1 aromatic heterocycles. The van der Waals surface area contributed by atoms with Crippen molar-refractivity contribution in [1.82, 2.24) is 4.98 Å². The molecule has 28 heavy (non-hydrogen) atoms. The number of phenolic OH excluding ortho intramolecular Hbond substituents is 1. The Bertz CT molecular complexity index is 1090. The maximum Gasteiger partial charge on any atom is 0.166 e. The van der Waals surface area contributed by atoms with E-state index >= 15 is 0 Å². The number of fused-ring (bicyclic) bond motifs is 1. The smallest absolute Gasteiger partial charge is 0.166 e. The van der Waals surface area contributed by atoms with Crippen LogP contribution >= 0.6 is 0 Å². The van der Waals surface area contributed by atoms with Gasteiger partial charge in [0.15, 0.2) is 11.5 Å². The quantitative estimate of drug-likeness (QED) is 0.726.